The van der Waals surface area contributed by atoms with Crippen LogP contribution in [0.4, 0.5) is 5.69 Å². The molecule has 26 heavy (non-hydrogen) atoms. The molecule has 1 aromatic heterocycles. The number of ether oxygens (including phenoxy) is 1. The molecule has 134 valence electrons. The molecule has 3 aromatic rings. The van der Waals surface area contributed by atoms with Gasteiger partial charge in [0.25, 0.3) is 5.91 Å². The number of hydrogen-bond acceptors (Lipinski definition) is 4. The number of hydrogen-bond donors (Lipinski definition) is 2. The normalized spacial score (nSPS) is 10.6. The summed E-state index contributed by atoms with van der Waals surface area (Å²) in [6, 6.07) is 15.5. The third-order valence-corrected chi connectivity index (χ3v) is 4.07. The van der Waals surface area contributed by atoms with Crippen molar-refractivity contribution in [2.45, 2.75) is 13.5 Å². The van der Waals surface area contributed by atoms with Crippen molar-refractivity contribution in [3.63, 3.8) is 0 Å². The summed E-state index contributed by atoms with van der Waals surface area (Å²) in [5, 5.41) is 12.3. The molecule has 0 aliphatic heterocycles. The number of aliphatic hydroxyl groups is 1. The fraction of sp³-hybridized carbons (Fsp3) is 0.150. The number of halogens is 1. The number of furan rings is 1. The van der Waals surface area contributed by atoms with Crippen molar-refractivity contribution < 1.29 is 19.1 Å². The molecule has 5 nitrogen and oxygen atoms in total. The average Bonchev–Trinajstić information content (AvgIpc) is 3.13. The third-order valence-electron chi connectivity index (χ3n) is 3.74. The Morgan fingerprint density at radius 2 is 1.92 bits per heavy atom. The van der Waals surface area contributed by atoms with Gasteiger partial charge in [-0.15, -0.1) is 0 Å². The number of rotatable bonds is 6. The van der Waals surface area contributed by atoms with Crippen molar-refractivity contribution >= 4 is 23.2 Å². The zero-order valence-corrected chi connectivity index (χ0v) is 14.9. The molecular formula is C20H18ClNO4. The van der Waals surface area contributed by atoms with Crippen molar-refractivity contribution in [3.05, 3.63) is 70.9 Å². The lowest BCUT2D eigenvalue weighted by molar-refractivity contribution is 0.102. The second kappa shape index (κ2) is 8.08. The van der Waals surface area contributed by atoms with E-state index in [2.05, 4.69) is 5.32 Å². The molecule has 1 heterocycles. The highest BCUT2D eigenvalue weighted by Crippen LogP contribution is 2.30. The van der Waals surface area contributed by atoms with E-state index in [1.54, 1.807) is 54.6 Å². The van der Waals surface area contributed by atoms with Gasteiger partial charge in [-0.1, -0.05) is 11.6 Å². The van der Waals surface area contributed by atoms with E-state index < -0.39 is 0 Å². The Balaban J connectivity index is 1.80. The van der Waals surface area contributed by atoms with Gasteiger partial charge >= 0.3 is 0 Å². The highest BCUT2D eigenvalue weighted by molar-refractivity contribution is 6.34. The Morgan fingerprint density at radius 3 is 2.58 bits per heavy atom. The molecule has 0 aliphatic rings. The number of nitrogens with one attached hydrogen (secondary N) is 1. The van der Waals surface area contributed by atoms with Gasteiger partial charge in [-0.2, -0.15) is 0 Å². The van der Waals surface area contributed by atoms with Crippen molar-refractivity contribution in [2.24, 2.45) is 0 Å². The molecule has 2 aromatic carbocycles. The summed E-state index contributed by atoms with van der Waals surface area (Å²) in [6.07, 6.45) is 0. The van der Waals surface area contributed by atoms with Crippen LogP contribution in [0, 0.1) is 0 Å². The average molecular weight is 372 g/mol. The fourth-order valence-electron chi connectivity index (χ4n) is 2.46. The predicted octanol–water partition coefficient (Wildman–Crippen LogP) is 4.74. The van der Waals surface area contributed by atoms with Gasteiger partial charge in [0.2, 0.25) is 0 Å². The van der Waals surface area contributed by atoms with Gasteiger partial charge in [0.15, 0.2) is 0 Å². The predicted molar refractivity (Wildman–Crippen MR) is 101 cm³/mol. The smallest absolute Gasteiger partial charge is 0.255 e. The van der Waals surface area contributed by atoms with Crippen LogP contribution in [0.2, 0.25) is 5.02 Å². The van der Waals surface area contributed by atoms with Gasteiger partial charge in [0.1, 0.15) is 23.9 Å². The molecule has 6 heteroatoms. The first-order valence-corrected chi connectivity index (χ1v) is 8.52. The quantitative estimate of drug-likeness (QED) is 0.656. The summed E-state index contributed by atoms with van der Waals surface area (Å²) in [5.74, 6) is 1.49. The summed E-state index contributed by atoms with van der Waals surface area (Å²) in [5.41, 5.74) is 1.72. The zero-order valence-electron chi connectivity index (χ0n) is 14.2. The highest BCUT2D eigenvalue weighted by Gasteiger charge is 2.12. The monoisotopic (exact) mass is 371 g/mol. The first-order valence-electron chi connectivity index (χ1n) is 8.14. The minimum absolute atomic E-state index is 0.172. The van der Waals surface area contributed by atoms with Crippen LogP contribution in [0.5, 0.6) is 5.75 Å². The van der Waals surface area contributed by atoms with Crippen LogP contribution in [0.25, 0.3) is 11.3 Å². The van der Waals surface area contributed by atoms with Crippen LogP contribution in [-0.4, -0.2) is 17.6 Å². The maximum absolute atomic E-state index is 12.5. The van der Waals surface area contributed by atoms with Gasteiger partial charge in [-0.3, -0.25) is 4.79 Å². The summed E-state index contributed by atoms with van der Waals surface area (Å²) in [6.45, 7) is 2.30. The fourth-order valence-corrected chi connectivity index (χ4v) is 2.62. The molecule has 0 bridgehead atoms. The van der Waals surface area contributed by atoms with E-state index in [-0.39, 0.29) is 12.5 Å². The number of anilines is 1. The molecule has 0 spiro atoms. The van der Waals surface area contributed by atoms with Gasteiger partial charge in [-0.05, 0) is 61.5 Å². The number of aliphatic hydroxyl groups excluding tert-OH is 1. The Bertz CT molecular complexity index is 902. The maximum atomic E-state index is 12.5. The molecule has 0 radical (unpaired) electrons. The van der Waals surface area contributed by atoms with E-state index in [0.29, 0.717) is 40.2 Å². The Hall–Kier alpha value is -2.76. The van der Waals surface area contributed by atoms with E-state index in [1.807, 2.05) is 6.92 Å². The summed E-state index contributed by atoms with van der Waals surface area (Å²) >= 11 is 6.21. The molecule has 0 fully saturated rings. The van der Waals surface area contributed by atoms with Crippen LogP contribution in [-0.2, 0) is 6.61 Å². The highest BCUT2D eigenvalue weighted by atomic mass is 35.5. The molecule has 0 aliphatic carbocycles. The number of amides is 1. The van der Waals surface area contributed by atoms with Crippen LogP contribution in [0.1, 0.15) is 23.0 Å². The molecule has 3 rings (SSSR count). The van der Waals surface area contributed by atoms with E-state index in [9.17, 15) is 4.79 Å². The van der Waals surface area contributed by atoms with Crippen LogP contribution in [0.15, 0.2) is 59.0 Å². The second-order valence-electron chi connectivity index (χ2n) is 5.53. The maximum Gasteiger partial charge on any atom is 0.255 e. The summed E-state index contributed by atoms with van der Waals surface area (Å²) in [7, 11) is 0. The Labute approximate surface area is 156 Å². The first-order chi connectivity index (χ1) is 12.6. The Kier molecular flexibility index (Phi) is 5.61. The molecule has 0 saturated carbocycles. The van der Waals surface area contributed by atoms with Crippen LogP contribution < -0.4 is 10.1 Å². The summed E-state index contributed by atoms with van der Waals surface area (Å²) in [4.78, 5) is 12.5. The first kappa shape index (κ1) is 18.0. The van der Waals surface area contributed by atoms with Gasteiger partial charge < -0.3 is 19.6 Å². The summed E-state index contributed by atoms with van der Waals surface area (Å²) < 4.78 is 10.9. The lowest BCUT2D eigenvalue weighted by atomic mass is 10.1. The van der Waals surface area contributed by atoms with Crippen molar-refractivity contribution in [1.29, 1.82) is 0 Å². The van der Waals surface area contributed by atoms with E-state index in [1.165, 1.54) is 0 Å². The van der Waals surface area contributed by atoms with E-state index >= 15 is 0 Å². The molecule has 2 N–H and O–H groups in total. The van der Waals surface area contributed by atoms with Gasteiger partial charge in [-0.25, -0.2) is 0 Å². The van der Waals surface area contributed by atoms with Crippen LogP contribution in [0.3, 0.4) is 0 Å². The topological polar surface area (TPSA) is 71.7 Å². The third kappa shape index (κ3) is 4.07. The lowest BCUT2D eigenvalue weighted by Crippen LogP contribution is -2.12. The van der Waals surface area contributed by atoms with Gasteiger partial charge in [0.05, 0.1) is 17.3 Å². The molecule has 0 atom stereocenters. The second-order valence-corrected chi connectivity index (χ2v) is 5.94. The minimum Gasteiger partial charge on any atom is -0.494 e. The SMILES string of the molecule is CCOc1ccc(C(=O)Nc2cc(-c3ccc(CO)o3)ccc2Cl)cc1. The zero-order chi connectivity index (χ0) is 18.5. The standard InChI is InChI=1S/C20H18ClNO4/c1-2-25-15-6-3-13(4-7-15)20(24)22-18-11-14(5-9-17(18)21)19-10-8-16(12-23)26-19/h3-11,23H,2,12H2,1H3,(H,22,24). The van der Waals surface area contributed by atoms with E-state index in [0.717, 1.165) is 5.56 Å². The Morgan fingerprint density at radius 1 is 1.15 bits per heavy atom. The number of benzene rings is 2. The molecule has 0 saturated heterocycles. The molecule has 0 unspecified atom stereocenters. The molecular weight excluding hydrogens is 354 g/mol. The minimum atomic E-state index is -0.275. The van der Waals surface area contributed by atoms with Crippen LogP contribution >= 0.6 is 11.6 Å². The number of carbonyl (C=O) groups is 1. The van der Waals surface area contributed by atoms with Crippen molar-refractivity contribution in [3.8, 4) is 17.1 Å². The molecule has 1 amide bonds. The van der Waals surface area contributed by atoms with E-state index in [4.69, 9.17) is 25.9 Å². The van der Waals surface area contributed by atoms with Crippen molar-refractivity contribution in [1.82, 2.24) is 0 Å². The van der Waals surface area contributed by atoms with Crippen molar-refractivity contribution in [2.75, 3.05) is 11.9 Å². The largest absolute Gasteiger partial charge is 0.494 e. The number of carbonyl (C=O) groups excluding carboxylic acids is 1. The van der Waals surface area contributed by atoms with Gasteiger partial charge in [0, 0.05) is 11.1 Å². The lowest BCUT2D eigenvalue weighted by Gasteiger charge is -2.10.